The van der Waals surface area contributed by atoms with Gasteiger partial charge in [-0.1, -0.05) is 38.2 Å². The van der Waals surface area contributed by atoms with E-state index in [1.165, 1.54) is 0 Å². The lowest BCUT2D eigenvalue weighted by molar-refractivity contribution is 0.225. The fourth-order valence-electron chi connectivity index (χ4n) is 0.568. The summed E-state index contributed by atoms with van der Waals surface area (Å²) in [6.45, 7) is 4.00. The molecule has 0 radical (unpaired) electrons. The molecule has 0 spiro atoms. The first kappa shape index (κ1) is 8.44. The summed E-state index contributed by atoms with van der Waals surface area (Å²) in [5.74, 6) is 0. The van der Waals surface area contributed by atoms with Gasteiger partial charge in [0.2, 0.25) is 0 Å². The molecule has 0 aromatic heterocycles. The van der Waals surface area contributed by atoms with Gasteiger partial charge >= 0.3 is 0 Å². The number of hydrogen-bond acceptors (Lipinski definition) is 1. The average Bonchev–Trinajstić information content (AvgIpc) is 1.94. The van der Waals surface area contributed by atoms with Gasteiger partial charge in [-0.05, 0) is 6.42 Å². The van der Waals surface area contributed by atoms with Gasteiger partial charge in [0, 0.05) is 0 Å². The second-order valence-electron chi connectivity index (χ2n) is 1.62. The molecule has 1 N–H and O–H groups in total. The lowest BCUT2D eigenvalue weighted by atomic mass is 10.1. The second kappa shape index (κ2) is 5.57. The molecule has 0 bridgehead atoms. The maximum atomic E-state index is 8.77. The van der Waals surface area contributed by atoms with E-state index in [9.17, 15) is 0 Å². The highest BCUT2D eigenvalue weighted by atomic mass is 16.3. The van der Waals surface area contributed by atoms with E-state index in [0.717, 1.165) is 6.42 Å². The van der Waals surface area contributed by atoms with Crippen LogP contribution in [0.3, 0.4) is 0 Å². The lowest BCUT2D eigenvalue weighted by Crippen LogP contribution is -2.00. The molecule has 0 aliphatic heterocycles. The largest absolute Gasteiger partial charge is 0.389 e. The van der Waals surface area contributed by atoms with Gasteiger partial charge in [0.15, 0.2) is 0 Å². The maximum Gasteiger partial charge on any atom is 0.0758 e. The molecule has 1 aliphatic carbocycles. The molecule has 9 heavy (non-hydrogen) atoms. The molecule has 1 atom stereocenters. The fraction of sp³-hybridized carbons (Fsp3) is 0.500. The normalized spacial score (nSPS) is 22.8. The minimum atomic E-state index is -0.231. The molecular formula is C8H14O. The fourth-order valence-corrected chi connectivity index (χ4v) is 0.568. The number of allylic oxidation sites excluding steroid dienone is 2. The highest BCUT2D eigenvalue weighted by molar-refractivity contribution is 5.11. The van der Waals surface area contributed by atoms with Crippen LogP contribution in [-0.2, 0) is 0 Å². The number of rotatable bonds is 0. The van der Waals surface area contributed by atoms with Crippen molar-refractivity contribution in [3.8, 4) is 0 Å². The van der Waals surface area contributed by atoms with E-state index in [2.05, 4.69) is 0 Å². The van der Waals surface area contributed by atoms with Crippen LogP contribution in [0.15, 0.2) is 24.3 Å². The summed E-state index contributed by atoms with van der Waals surface area (Å²) >= 11 is 0. The standard InChI is InChI=1S/C6H8O.C2H6/c7-6-4-2-1-3-5-6;1-2/h1-4,6-7H,5H2;1-2H3. The summed E-state index contributed by atoms with van der Waals surface area (Å²) in [5, 5.41) is 8.77. The van der Waals surface area contributed by atoms with E-state index < -0.39 is 0 Å². The Kier molecular flexibility index (Phi) is 5.23. The highest BCUT2D eigenvalue weighted by Gasteiger charge is 1.95. The van der Waals surface area contributed by atoms with Crippen LogP contribution in [0.1, 0.15) is 20.3 Å². The van der Waals surface area contributed by atoms with Gasteiger partial charge in [0.1, 0.15) is 0 Å². The van der Waals surface area contributed by atoms with E-state index in [4.69, 9.17) is 5.11 Å². The Bertz CT molecular complexity index is 103. The van der Waals surface area contributed by atoms with Crippen LogP contribution in [0.4, 0.5) is 0 Å². The molecule has 52 valence electrons. The molecule has 0 aromatic rings. The minimum absolute atomic E-state index is 0.231. The third-order valence-corrected chi connectivity index (χ3v) is 0.958. The van der Waals surface area contributed by atoms with E-state index in [1.807, 2.05) is 32.1 Å². The zero-order valence-corrected chi connectivity index (χ0v) is 6.04. The van der Waals surface area contributed by atoms with Crippen LogP contribution in [0.25, 0.3) is 0 Å². The predicted octanol–water partition coefficient (Wildman–Crippen LogP) is 1.89. The van der Waals surface area contributed by atoms with Gasteiger partial charge in [-0.2, -0.15) is 0 Å². The summed E-state index contributed by atoms with van der Waals surface area (Å²) < 4.78 is 0. The minimum Gasteiger partial charge on any atom is -0.389 e. The molecule has 1 heteroatoms. The summed E-state index contributed by atoms with van der Waals surface area (Å²) in [7, 11) is 0. The van der Waals surface area contributed by atoms with Crippen molar-refractivity contribution in [2.75, 3.05) is 0 Å². The van der Waals surface area contributed by atoms with Crippen LogP contribution in [0.2, 0.25) is 0 Å². The first-order valence-corrected chi connectivity index (χ1v) is 3.41. The maximum absolute atomic E-state index is 8.77. The molecule has 0 heterocycles. The van der Waals surface area contributed by atoms with E-state index in [-0.39, 0.29) is 6.10 Å². The number of aliphatic hydroxyl groups excluding tert-OH is 1. The molecule has 0 amide bonds. The number of hydrogen-bond donors (Lipinski definition) is 1. The van der Waals surface area contributed by atoms with Crippen molar-refractivity contribution in [2.24, 2.45) is 0 Å². The smallest absolute Gasteiger partial charge is 0.0758 e. The third-order valence-electron chi connectivity index (χ3n) is 0.958. The summed E-state index contributed by atoms with van der Waals surface area (Å²) in [4.78, 5) is 0. The lowest BCUT2D eigenvalue weighted by Gasteiger charge is -2.01. The Balaban J connectivity index is 0.000000291. The van der Waals surface area contributed by atoms with Crippen molar-refractivity contribution in [1.29, 1.82) is 0 Å². The highest BCUT2D eigenvalue weighted by Crippen LogP contribution is 2.00. The van der Waals surface area contributed by atoms with Crippen LogP contribution < -0.4 is 0 Å². The van der Waals surface area contributed by atoms with Gasteiger partial charge in [-0.3, -0.25) is 0 Å². The molecule has 1 rings (SSSR count). The van der Waals surface area contributed by atoms with E-state index in [0.29, 0.717) is 0 Å². The van der Waals surface area contributed by atoms with Crippen molar-refractivity contribution in [3.63, 3.8) is 0 Å². The van der Waals surface area contributed by atoms with Gasteiger partial charge in [0.25, 0.3) is 0 Å². The molecule has 0 aromatic carbocycles. The molecule has 0 saturated carbocycles. The Morgan fingerprint density at radius 2 is 2.00 bits per heavy atom. The van der Waals surface area contributed by atoms with Gasteiger partial charge in [-0.15, -0.1) is 0 Å². The predicted molar refractivity (Wildman–Crippen MR) is 40.3 cm³/mol. The topological polar surface area (TPSA) is 20.2 Å². The quantitative estimate of drug-likeness (QED) is 0.525. The van der Waals surface area contributed by atoms with Crippen LogP contribution in [-0.4, -0.2) is 11.2 Å². The zero-order valence-electron chi connectivity index (χ0n) is 6.04. The first-order valence-electron chi connectivity index (χ1n) is 3.41. The molecule has 1 unspecified atom stereocenters. The zero-order chi connectivity index (χ0) is 7.11. The summed E-state index contributed by atoms with van der Waals surface area (Å²) in [5.41, 5.74) is 0. The SMILES string of the molecule is CC.OC1C=CC=CC1. The first-order chi connectivity index (χ1) is 4.39. The number of aliphatic hydroxyl groups is 1. The van der Waals surface area contributed by atoms with Gasteiger partial charge in [-0.25, -0.2) is 0 Å². The van der Waals surface area contributed by atoms with Crippen molar-refractivity contribution in [1.82, 2.24) is 0 Å². The average molecular weight is 126 g/mol. The summed E-state index contributed by atoms with van der Waals surface area (Å²) in [6.07, 6.45) is 8.06. The Morgan fingerprint density at radius 1 is 1.33 bits per heavy atom. The van der Waals surface area contributed by atoms with Crippen LogP contribution >= 0.6 is 0 Å². The second-order valence-corrected chi connectivity index (χ2v) is 1.62. The molecule has 1 aliphatic rings. The monoisotopic (exact) mass is 126 g/mol. The van der Waals surface area contributed by atoms with Gasteiger partial charge < -0.3 is 5.11 Å². The Labute approximate surface area is 56.7 Å². The molecular weight excluding hydrogens is 112 g/mol. The summed E-state index contributed by atoms with van der Waals surface area (Å²) in [6, 6.07) is 0. The van der Waals surface area contributed by atoms with E-state index >= 15 is 0 Å². The molecule has 0 saturated heterocycles. The molecule has 0 fully saturated rings. The van der Waals surface area contributed by atoms with Crippen LogP contribution in [0, 0.1) is 0 Å². The third kappa shape index (κ3) is 3.98. The molecule has 1 nitrogen and oxygen atoms in total. The van der Waals surface area contributed by atoms with Crippen molar-refractivity contribution >= 4 is 0 Å². The van der Waals surface area contributed by atoms with Crippen molar-refractivity contribution in [3.05, 3.63) is 24.3 Å². The van der Waals surface area contributed by atoms with Crippen molar-refractivity contribution in [2.45, 2.75) is 26.4 Å². The Hall–Kier alpha value is -0.560. The van der Waals surface area contributed by atoms with E-state index in [1.54, 1.807) is 6.08 Å². The van der Waals surface area contributed by atoms with Crippen LogP contribution in [0.5, 0.6) is 0 Å². The van der Waals surface area contributed by atoms with Gasteiger partial charge in [0.05, 0.1) is 6.10 Å². The Morgan fingerprint density at radius 3 is 2.22 bits per heavy atom. The van der Waals surface area contributed by atoms with Crippen molar-refractivity contribution < 1.29 is 5.11 Å².